The number of nitrogens with zero attached hydrogens (tertiary/aromatic N) is 1. The zero-order valence-electron chi connectivity index (χ0n) is 11.1. The maximum atomic E-state index is 13.4. The molecule has 2 rings (SSSR count). The van der Waals surface area contributed by atoms with Crippen molar-refractivity contribution < 1.29 is 8.78 Å². The van der Waals surface area contributed by atoms with Gasteiger partial charge in [-0.1, -0.05) is 20.8 Å². The third-order valence-corrected chi connectivity index (χ3v) is 4.00. The minimum absolute atomic E-state index is 0.00697. The highest BCUT2D eigenvalue weighted by Crippen LogP contribution is 2.27. The summed E-state index contributed by atoms with van der Waals surface area (Å²) >= 11 is 1.58. The third kappa shape index (κ3) is 3.50. The molecule has 2 nitrogen and oxygen atoms in total. The van der Waals surface area contributed by atoms with Crippen LogP contribution in [0.2, 0.25) is 0 Å². The van der Waals surface area contributed by atoms with E-state index in [9.17, 15) is 8.78 Å². The summed E-state index contributed by atoms with van der Waals surface area (Å²) < 4.78 is 26.4. The van der Waals surface area contributed by atoms with Gasteiger partial charge in [0, 0.05) is 16.5 Å². The molecular weight excluding hydrogens is 266 g/mol. The molecule has 102 valence electrons. The molecule has 2 aromatic rings. The molecule has 1 aromatic carbocycles. The zero-order valence-corrected chi connectivity index (χ0v) is 11.9. The zero-order chi connectivity index (χ0) is 14.0. The summed E-state index contributed by atoms with van der Waals surface area (Å²) in [6.07, 6.45) is 1.77. The molecule has 19 heavy (non-hydrogen) atoms. The largest absolute Gasteiger partial charge is 0.378 e. The Morgan fingerprint density at radius 2 is 2.00 bits per heavy atom. The van der Waals surface area contributed by atoms with Crippen molar-refractivity contribution in [3.63, 3.8) is 0 Å². The highest BCUT2D eigenvalue weighted by Gasteiger charge is 2.17. The van der Waals surface area contributed by atoms with Gasteiger partial charge < -0.3 is 5.32 Å². The maximum Gasteiger partial charge on any atom is 0.146 e. The second-order valence-corrected chi connectivity index (χ2v) is 6.47. The SMILES string of the molecule is CC(C)(C)c1ncc(CNc2cc(F)ccc2F)s1. The van der Waals surface area contributed by atoms with Crippen LogP contribution in [-0.4, -0.2) is 4.98 Å². The molecule has 0 saturated heterocycles. The van der Waals surface area contributed by atoms with E-state index >= 15 is 0 Å². The first-order valence-electron chi connectivity index (χ1n) is 6.00. The van der Waals surface area contributed by atoms with Gasteiger partial charge >= 0.3 is 0 Å². The molecule has 0 bridgehead atoms. The van der Waals surface area contributed by atoms with Crippen LogP contribution in [0.4, 0.5) is 14.5 Å². The number of nitrogens with one attached hydrogen (secondary N) is 1. The van der Waals surface area contributed by atoms with E-state index in [0.717, 1.165) is 28.1 Å². The van der Waals surface area contributed by atoms with Gasteiger partial charge in [0.1, 0.15) is 11.6 Å². The number of thiazole rings is 1. The van der Waals surface area contributed by atoms with Gasteiger partial charge in [0.15, 0.2) is 0 Å². The van der Waals surface area contributed by atoms with Crippen molar-refractivity contribution in [1.82, 2.24) is 4.98 Å². The molecule has 0 radical (unpaired) electrons. The topological polar surface area (TPSA) is 24.9 Å². The summed E-state index contributed by atoms with van der Waals surface area (Å²) in [7, 11) is 0. The number of hydrogen-bond acceptors (Lipinski definition) is 3. The summed E-state index contributed by atoms with van der Waals surface area (Å²) in [6, 6.07) is 3.37. The van der Waals surface area contributed by atoms with Gasteiger partial charge in [-0.15, -0.1) is 11.3 Å². The quantitative estimate of drug-likeness (QED) is 0.906. The lowest BCUT2D eigenvalue weighted by Crippen LogP contribution is -2.09. The Kier molecular flexibility index (Phi) is 3.85. The molecule has 0 aliphatic heterocycles. The molecule has 0 aliphatic carbocycles. The Morgan fingerprint density at radius 3 is 2.63 bits per heavy atom. The van der Waals surface area contributed by atoms with E-state index in [4.69, 9.17) is 0 Å². The molecule has 0 aliphatic rings. The van der Waals surface area contributed by atoms with E-state index in [1.807, 2.05) is 0 Å². The first-order valence-corrected chi connectivity index (χ1v) is 6.82. The number of hydrogen-bond donors (Lipinski definition) is 1. The molecule has 0 amide bonds. The number of benzene rings is 1. The first kappa shape index (κ1) is 13.9. The number of anilines is 1. The van der Waals surface area contributed by atoms with Crippen LogP contribution in [-0.2, 0) is 12.0 Å². The molecule has 0 atom stereocenters. The van der Waals surface area contributed by atoms with Crippen molar-refractivity contribution in [3.8, 4) is 0 Å². The van der Waals surface area contributed by atoms with E-state index in [2.05, 4.69) is 31.1 Å². The summed E-state index contributed by atoms with van der Waals surface area (Å²) in [5.41, 5.74) is 0.179. The average Bonchev–Trinajstić information content (AvgIpc) is 2.79. The molecule has 0 unspecified atom stereocenters. The van der Waals surface area contributed by atoms with Crippen molar-refractivity contribution in [1.29, 1.82) is 0 Å². The van der Waals surface area contributed by atoms with Gasteiger partial charge in [-0.05, 0) is 18.2 Å². The van der Waals surface area contributed by atoms with Crippen LogP contribution >= 0.6 is 11.3 Å². The Labute approximate surface area is 115 Å². The van der Waals surface area contributed by atoms with Crippen LogP contribution < -0.4 is 5.32 Å². The van der Waals surface area contributed by atoms with Gasteiger partial charge in [-0.25, -0.2) is 13.8 Å². The van der Waals surface area contributed by atoms with Crippen LogP contribution in [0.3, 0.4) is 0 Å². The summed E-state index contributed by atoms with van der Waals surface area (Å²) in [5.74, 6) is -0.912. The van der Waals surface area contributed by atoms with Gasteiger partial charge in [-0.2, -0.15) is 0 Å². The monoisotopic (exact) mass is 282 g/mol. The number of rotatable bonds is 3. The van der Waals surface area contributed by atoms with Crippen molar-refractivity contribution in [3.05, 3.63) is 45.9 Å². The highest BCUT2D eigenvalue weighted by molar-refractivity contribution is 7.11. The summed E-state index contributed by atoms with van der Waals surface area (Å²) in [6.45, 7) is 6.72. The summed E-state index contributed by atoms with van der Waals surface area (Å²) in [4.78, 5) is 5.34. The Bertz CT molecular complexity index is 573. The fourth-order valence-electron chi connectivity index (χ4n) is 1.55. The van der Waals surface area contributed by atoms with Gasteiger partial charge in [-0.3, -0.25) is 0 Å². The van der Waals surface area contributed by atoms with E-state index in [1.54, 1.807) is 17.5 Å². The van der Waals surface area contributed by atoms with Crippen molar-refractivity contribution in [2.45, 2.75) is 32.7 Å². The first-order chi connectivity index (χ1) is 8.86. The molecule has 0 spiro atoms. The van der Waals surface area contributed by atoms with E-state index < -0.39 is 11.6 Å². The van der Waals surface area contributed by atoms with Crippen LogP contribution in [0, 0.1) is 11.6 Å². The Balaban J connectivity index is 2.06. The third-order valence-electron chi connectivity index (χ3n) is 2.58. The van der Waals surface area contributed by atoms with Crippen LogP contribution in [0.15, 0.2) is 24.4 Å². The molecule has 0 saturated carbocycles. The second kappa shape index (κ2) is 5.25. The predicted molar refractivity (Wildman–Crippen MR) is 74.5 cm³/mol. The van der Waals surface area contributed by atoms with Crippen molar-refractivity contribution in [2.24, 2.45) is 0 Å². The lowest BCUT2D eigenvalue weighted by atomic mass is 9.98. The minimum atomic E-state index is -0.457. The molecular formula is C14H16F2N2S. The van der Waals surface area contributed by atoms with Crippen molar-refractivity contribution >= 4 is 17.0 Å². The fourth-order valence-corrected chi connectivity index (χ4v) is 2.46. The normalized spacial score (nSPS) is 11.6. The highest BCUT2D eigenvalue weighted by atomic mass is 32.1. The van der Waals surface area contributed by atoms with Gasteiger partial charge in [0.25, 0.3) is 0 Å². The smallest absolute Gasteiger partial charge is 0.146 e. The van der Waals surface area contributed by atoms with E-state index in [0.29, 0.717) is 6.54 Å². The Morgan fingerprint density at radius 1 is 1.26 bits per heavy atom. The molecule has 1 N–H and O–H groups in total. The van der Waals surface area contributed by atoms with Crippen molar-refractivity contribution in [2.75, 3.05) is 5.32 Å². The van der Waals surface area contributed by atoms with Crippen LogP contribution in [0.1, 0.15) is 30.7 Å². The Hall–Kier alpha value is -1.49. The summed E-state index contributed by atoms with van der Waals surface area (Å²) in [5, 5.41) is 3.92. The van der Waals surface area contributed by atoms with Gasteiger partial charge in [0.05, 0.1) is 17.2 Å². The molecule has 1 heterocycles. The average molecular weight is 282 g/mol. The molecule has 5 heteroatoms. The minimum Gasteiger partial charge on any atom is -0.378 e. The lowest BCUT2D eigenvalue weighted by Gasteiger charge is -2.13. The van der Waals surface area contributed by atoms with Crippen LogP contribution in [0.25, 0.3) is 0 Å². The predicted octanol–water partition coefficient (Wildman–Crippen LogP) is 4.33. The van der Waals surface area contributed by atoms with E-state index in [1.165, 1.54) is 0 Å². The van der Waals surface area contributed by atoms with Crippen LogP contribution in [0.5, 0.6) is 0 Å². The standard InChI is InChI=1S/C14H16F2N2S/c1-14(2,3)13-18-8-10(19-13)7-17-12-6-9(15)4-5-11(12)16/h4-6,8,17H,7H2,1-3H3. The molecule has 0 fully saturated rings. The number of halogens is 2. The van der Waals surface area contributed by atoms with Gasteiger partial charge in [0.2, 0.25) is 0 Å². The molecule has 1 aromatic heterocycles. The fraction of sp³-hybridized carbons (Fsp3) is 0.357. The lowest BCUT2D eigenvalue weighted by molar-refractivity contribution is 0.585. The second-order valence-electron chi connectivity index (χ2n) is 5.36. The maximum absolute atomic E-state index is 13.4. The van der Waals surface area contributed by atoms with E-state index in [-0.39, 0.29) is 11.1 Å². The number of aromatic nitrogens is 1.